The highest BCUT2D eigenvalue weighted by molar-refractivity contribution is 6.35. The molecule has 0 saturated heterocycles. The molecule has 10 heteroatoms. The Morgan fingerprint density at radius 2 is 2.03 bits per heavy atom. The maximum atomic E-state index is 13.8. The Morgan fingerprint density at radius 1 is 1.29 bits per heavy atom. The number of halogens is 1. The minimum atomic E-state index is -0.530. The number of rotatable bonds is 7. The van der Waals surface area contributed by atoms with Gasteiger partial charge in [-0.15, -0.1) is 0 Å². The molecule has 1 aromatic carbocycles. The minimum Gasteiger partial charge on any atom is -0.382 e. The van der Waals surface area contributed by atoms with Gasteiger partial charge in [-0.25, -0.2) is 4.98 Å². The number of fused-ring (bicyclic) bond motifs is 1. The quantitative estimate of drug-likeness (QED) is 0.420. The second-order valence-corrected chi connectivity index (χ2v) is 8.36. The van der Waals surface area contributed by atoms with Crippen LogP contribution in [-0.4, -0.2) is 19.5 Å². The predicted octanol–water partition coefficient (Wildman–Crippen LogP) is 4.51. The Labute approximate surface area is 202 Å². The first-order chi connectivity index (χ1) is 16.2. The summed E-state index contributed by atoms with van der Waals surface area (Å²) in [6, 6.07) is 6.65. The smallest absolute Gasteiger partial charge is 0.267 e. The van der Waals surface area contributed by atoms with Crippen molar-refractivity contribution in [1.29, 1.82) is 5.26 Å². The molecule has 0 spiro atoms. The van der Waals surface area contributed by atoms with Crippen LogP contribution in [0.2, 0.25) is 5.02 Å². The highest BCUT2D eigenvalue weighted by Gasteiger charge is 2.27. The van der Waals surface area contributed by atoms with E-state index in [1.165, 1.54) is 0 Å². The van der Waals surface area contributed by atoms with E-state index in [9.17, 15) is 10.1 Å². The zero-order chi connectivity index (χ0) is 25.0. The van der Waals surface area contributed by atoms with E-state index < -0.39 is 6.04 Å². The largest absolute Gasteiger partial charge is 0.382 e. The number of nitrogens with two attached hydrogens (primary N) is 2. The van der Waals surface area contributed by atoms with Gasteiger partial charge < -0.3 is 16.8 Å². The van der Waals surface area contributed by atoms with E-state index in [0.29, 0.717) is 28.2 Å². The molecule has 0 aliphatic carbocycles. The molecule has 0 bridgehead atoms. The van der Waals surface area contributed by atoms with E-state index in [1.54, 1.807) is 22.8 Å². The third kappa shape index (κ3) is 4.72. The molecule has 9 nitrogen and oxygen atoms in total. The van der Waals surface area contributed by atoms with E-state index in [4.69, 9.17) is 28.1 Å². The highest BCUT2D eigenvalue weighted by atomic mass is 35.5. The lowest BCUT2D eigenvalue weighted by atomic mass is 10.0. The third-order valence-electron chi connectivity index (χ3n) is 5.31. The van der Waals surface area contributed by atoms with Crippen LogP contribution in [0.1, 0.15) is 51.5 Å². The van der Waals surface area contributed by atoms with Gasteiger partial charge in [0.25, 0.3) is 5.56 Å². The van der Waals surface area contributed by atoms with E-state index in [0.717, 1.165) is 5.70 Å². The van der Waals surface area contributed by atoms with Crippen LogP contribution in [0.5, 0.6) is 0 Å². The molecule has 0 amide bonds. The summed E-state index contributed by atoms with van der Waals surface area (Å²) in [5, 5.41) is 13.5. The summed E-state index contributed by atoms with van der Waals surface area (Å²) >= 11 is 6.40. The number of nitriles is 1. The van der Waals surface area contributed by atoms with Gasteiger partial charge in [0.15, 0.2) is 5.82 Å². The van der Waals surface area contributed by atoms with Gasteiger partial charge in [0.05, 0.1) is 22.0 Å². The molecule has 0 radical (unpaired) electrons. The average molecular weight is 479 g/mol. The average Bonchev–Trinajstić information content (AvgIpc) is 2.78. The number of nitrogens with zero attached hydrogens (tertiary/aromatic N) is 5. The fourth-order valence-corrected chi connectivity index (χ4v) is 3.89. The number of nitrogens with one attached hydrogen (secondary N) is 1. The van der Waals surface area contributed by atoms with Crippen molar-refractivity contribution in [1.82, 2.24) is 19.5 Å². The Hall–Kier alpha value is -3.90. The lowest BCUT2D eigenvalue weighted by Crippen LogP contribution is -2.31. The number of anilines is 3. The van der Waals surface area contributed by atoms with Gasteiger partial charge in [0, 0.05) is 5.70 Å². The first-order valence-corrected chi connectivity index (χ1v) is 11.2. The first-order valence-electron chi connectivity index (χ1n) is 10.9. The predicted molar refractivity (Wildman–Crippen MR) is 137 cm³/mol. The maximum Gasteiger partial charge on any atom is 0.267 e. The number of hydrogen-bond donors (Lipinski definition) is 3. The van der Waals surface area contributed by atoms with Crippen LogP contribution >= 0.6 is 11.6 Å². The summed E-state index contributed by atoms with van der Waals surface area (Å²) in [7, 11) is 0. The summed E-state index contributed by atoms with van der Waals surface area (Å²) in [4.78, 5) is 26.7. The van der Waals surface area contributed by atoms with Gasteiger partial charge in [-0.3, -0.25) is 9.36 Å². The van der Waals surface area contributed by atoms with E-state index in [-0.39, 0.29) is 34.6 Å². The second-order valence-electron chi connectivity index (χ2n) is 7.95. The number of hydrogen-bond acceptors (Lipinski definition) is 8. The standard InChI is InChI=1S/C24H27ClN8O/c1-5-7-9-14(6-2)33-22(29-17-11-8-10-16(25)18(17)23(33)34)19(13(3)4)30-21-15(12-26)20(27)31-24(28)32-21/h5,7-11,13,19H,6H2,1-4H3,(H5,27,28,30,31,32)/b7-5-,14-9+. The van der Waals surface area contributed by atoms with Crippen molar-refractivity contribution in [2.45, 2.75) is 40.2 Å². The van der Waals surface area contributed by atoms with E-state index in [2.05, 4.69) is 15.3 Å². The molecule has 176 valence electrons. The van der Waals surface area contributed by atoms with Gasteiger partial charge in [-0.1, -0.05) is 50.6 Å². The fraction of sp³-hybridized carbons (Fsp3) is 0.292. The van der Waals surface area contributed by atoms with Gasteiger partial charge in [0.2, 0.25) is 5.95 Å². The molecule has 0 saturated carbocycles. The molecule has 34 heavy (non-hydrogen) atoms. The number of nitrogen functional groups attached to an aromatic ring is 2. The van der Waals surface area contributed by atoms with Crippen LogP contribution in [0.4, 0.5) is 17.6 Å². The Morgan fingerprint density at radius 3 is 2.65 bits per heavy atom. The summed E-state index contributed by atoms with van der Waals surface area (Å²) in [6.45, 7) is 7.80. The number of aromatic nitrogens is 4. The number of benzene rings is 1. The van der Waals surface area contributed by atoms with Crippen LogP contribution in [0, 0.1) is 17.2 Å². The SMILES string of the molecule is C/C=C\C=C(/CC)n1c(C(Nc2nc(N)nc(N)c2C#N)C(C)C)nc2cccc(Cl)c2c1=O. The van der Waals surface area contributed by atoms with Crippen molar-refractivity contribution >= 4 is 45.8 Å². The molecule has 3 rings (SSSR count). The van der Waals surface area contributed by atoms with Crippen molar-refractivity contribution in [2.75, 3.05) is 16.8 Å². The van der Waals surface area contributed by atoms with E-state index >= 15 is 0 Å². The molecule has 0 aliphatic heterocycles. The molecule has 1 unspecified atom stereocenters. The normalized spacial score (nSPS) is 12.9. The van der Waals surface area contributed by atoms with Crippen LogP contribution in [0.25, 0.3) is 16.6 Å². The summed E-state index contributed by atoms with van der Waals surface area (Å²) in [5.74, 6) is 0.455. The molecule has 0 aliphatic rings. The van der Waals surface area contributed by atoms with Gasteiger partial charge in [-0.2, -0.15) is 15.2 Å². The molecule has 5 N–H and O–H groups in total. The molecule has 2 aromatic heterocycles. The molecule has 3 aromatic rings. The van der Waals surface area contributed by atoms with Crippen molar-refractivity contribution in [3.05, 3.63) is 63.2 Å². The molecular formula is C24H27ClN8O. The van der Waals surface area contributed by atoms with Crippen molar-refractivity contribution < 1.29 is 0 Å². The summed E-state index contributed by atoms with van der Waals surface area (Å²) in [6.07, 6.45) is 6.18. The molecular weight excluding hydrogens is 452 g/mol. The topological polar surface area (TPSA) is 149 Å². The Balaban J connectivity index is 2.36. The molecule has 1 atom stereocenters. The maximum absolute atomic E-state index is 13.8. The van der Waals surface area contributed by atoms with Gasteiger partial charge in [0.1, 0.15) is 23.3 Å². The lowest BCUT2D eigenvalue weighted by Gasteiger charge is -2.27. The Bertz CT molecular complexity index is 1380. The highest BCUT2D eigenvalue weighted by Crippen LogP contribution is 2.31. The fourth-order valence-electron chi connectivity index (χ4n) is 3.64. The van der Waals surface area contributed by atoms with Gasteiger partial charge in [-0.05, 0) is 37.5 Å². The first kappa shape index (κ1) is 24.7. The van der Waals surface area contributed by atoms with Crippen molar-refractivity contribution in [3.63, 3.8) is 0 Å². The molecule has 0 fully saturated rings. The summed E-state index contributed by atoms with van der Waals surface area (Å²) in [5.41, 5.74) is 12.7. The van der Waals surface area contributed by atoms with Crippen molar-refractivity contribution in [2.24, 2.45) is 5.92 Å². The monoisotopic (exact) mass is 478 g/mol. The van der Waals surface area contributed by atoms with Crippen LogP contribution in [0.15, 0.2) is 41.2 Å². The van der Waals surface area contributed by atoms with Crippen LogP contribution in [-0.2, 0) is 0 Å². The van der Waals surface area contributed by atoms with Crippen molar-refractivity contribution in [3.8, 4) is 6.07 Å². The number of allylic oxidation sites excluding steroid dienone is 4. The molecule has 2 heterocycles. The van der Waals surface area contributed by atoms with Crippen LogP contribution in [0.3, 0.4) is 0 Å². The van der Waals surface area contributed by atoms with Gasteiger partial charge >= 0.3 is 0 Å². The summed E-state index contributed by atoms with van der Waals surface area (Å²) < 4.78 is 1.58. The lowest BCUT2D eigenvalue weighted by molar-refractivity contribution is 0.509. The van der Waals surface area contributed by atoms with Crippen LogP contribution < -0.4 is 22.3 Å². The third-order valence-corrected chi connectivity index (χ3v) is 5.62. The second kappa shape index (κ2) is 10.4. The zero-order valence-corrected chi connectivity index (χ0v) is 20.3. The minimum absolute atomic E-state index is 0.0297. The zero-order valence-electron chi connectivity index (χ0n) is 19.5. The Kier molecular flexibility index (Phi) is 7.54. The van der Waals surface area contributed by atoms with E-state index in [1.807, 2.05) is 52.0 Å².